The third-order valence-corrected chi connectivity index (χ3v) is 4.65. The quantitative estimate of drug-likeness (QED) is 0.918. The molecule has 0 aromatic carbocycles. The van der Waals surface area contributed by atoms with Gasteiger partial charge < -0.3 is 9.88 Å². The Morgan fingerprint density at radius 3 is 2.90 bits per heavy atom. The van der Waals surface area contributed by atoms with E-state index in [1.54, 1.807) is 11.3 Å². The second kappa shape index (κ2) is 6.22. The van der Waals surface area contributed by atoms with Crippen molar-refractivity contribution in [1.82, 2.24) is 9.55 Å². The molecule has 0 bridgehead atoms. The Morgan fingerprint density at radius 1 is 1.30 bits per heavy atom. The zero-order valence-corrected chi connectivity index (χ0v) is 12.3. The van der Waals surface area contributed by atoms with Crippen LogP contribution >= 0.6 is 11.3 Å². The molecule has 1 aliphatic rings. The number of thiazole rings is 1. The number of carbonyl (C=O) groups is 1. The van der Waals surface area contributed by atoms with Crippen molar-refractivity contribution in [2.45, 2.75) is 45.1 Å². The maximum atomic E-state index is 11.9. The minimum atomic E-state index is 0.0725. The number of rotatable bonds is 5. The number of hydrogen-bond donors (Lipinski definition) is 1. The van der Waals surface area contributed by atoms with Crippen LogP contribution in [0.3, 0.4) is 0 Å². The lowest BCUT2D eigenvalue weighted by molar-refractivity contribution is -0.116. The summed E-state index contributed by atoms with van der Waals surface area (Å²) in [5, 5.41) is 3.72. The second-order valence-electron chi connectivity index (χ2n) is 5.17. The van der Waals surface area contributed by atoms with Crippen molar-refractivity contribution in [3.8, 4) is 0 Å². The highest BCUT2D eigenvalue weighted by Gasteiger charge is 2.16. The van der Waals surface area contributed by atoms with Gasteiger partial charge in [-0.2, -0.15) is 0 Å². The van der Waals surface area contributed by atoms with Gasteiger partial charge in [0.1, 0.15) is 0 Å². The summed E-state index contributed by atoms with van der Waals surface area (Å²) in [6.45, 7) is 0.884. The van der Waals surface area contributed by atoms with E-state index in [9.17, 15) is 4.79 Å². The molecule has 0 saturated carbocycles. The minimum absolute atomic E-state index is 0.0725. The number of aromatic nitrogens is 2. The lowest BCUT2D eigenvalue weighted by atomic mass is 10.0. The highest BCUT2D eigenvalue weighted by atomic mass is 32.1. The number of hydrogen-bond acceptors (Lipinski definition) is 3. The van der Waals surface area contributed by atoms with E-state index in [-0.39, 0.29) is 5.91 Å². The molecule has 1 aliphatic carbocycles. The van der Waals surface area contributed by atoms with Gasteiger partial charge in [-0.1, -0.05) is 0 Å². The standard InChI is InChI=1S/C15H19N3OS/c19-14(8-5-11-18-9-3-4-10-18)17-15-16-12-6-1-2-7-13(12)20-15/h3-4,9-10H,1-2,5-8,11H2,(H,16,17,19). The maximum absolute atomic E-state index is 11.9. The molecule has 0 fully saturated rings. The Morgan fingerprint density at radius 2 is 2.10 bits per heavy atom. The number of aryl methyl sites for hydroxylation is 3. The number of anilines is 1. The zero-order chi connectivity index (χ0) is 13.8. The lowest BCUT2D eigenvalue weighted by Gasteiger charge is -2.06. The van der Waals surface area contributed by atoms with Gasteiger partial charge in [0, 0.05) is 30.2 Å². The Labute approximate surface area is 122 Å². The third-order valence-electron chi connectivity index (χ3n) is 3.58. The molecule has 0 radical (unpaired) electrons. The summed E-state index contributed by atoms with van der Waals surface area (Å²) in [5.41, 5.74) is 1.20. The number of nitrogens with zero attached hydrogens (tertiary/aromatic N) is 2. The SMILES string of the molecule is O=C(CCCn1cccc1)Nc1nc2c(s1)CCCC2. The molecular formula is C15H19N3OS. The monoisotopic (exact) mass is 289 g/mol. The Hall–Kier alpha value is -1.62. The average Bonchev–Trinajstić information content (AvgIpc) is 3.06. The first kappa shape index (κ1) is 13.4. The summed E-state index contributed by atoms with van der Waals surface area (Å²) in [6, 6.07) is 4.00. The van der Waals surface area contributed by atoms with Gasteiger partial charge in [-0.15, -0.1) is 11.3 Å². The van der Waals surface area contributed by atoms with E-state index in [2.05, 4.69) is 14.9 Å². The molecule has 0 spiro atoms. The van der Waals surface area contributed by atoms with Crippen LogP contribution in [-0.2, 0) is 24.2 Å². The summed E-state index contributed by atoms with van der Waals surface area (Å²) in [6.07, 6.45) is 10.1. The third kappa shape index (κ3) is 3.28. The zero-order valence-electron chi connectivity index (χ0n) is 11.5. The molecule has 106 valence electrons. The molecule has 0 aliphatic heterocycles. The van der Waals surface area contributed by atoms with Gasteiger partial charge in [-0.05, 0) is 44.2 Å². The van der Waals surface area contributed by atoms with Crippen LogP contribution < -0.4 is 5.32 Å². The predicted octanol–water partition coefficient (Wildman–Crippen LogP) is 3.24. The van der Waals surface area contributed by atoms with Crippen molar-refractivity contribution in [3.05, 3.63) is 35.1 Å². The molecule has 0 atom stereocenters. The van der Waals surface area contributed by atoms with Crippen LogP contribution in [-0.4, -0.2) is 15.5 Å². The fraction of sp³-hybridized carbons (Fsp3) is 0.467. The van der Waals surface area contributed by atoms with E-state index in [1.165, 1.54) is 23.4 Å². The van der Waals surface area contributed by atoms with Crippen molar-refractivity contribution in [3.63, 3.8) is 0 Å². The fourth-order valence-electron chi connectivity index (χ4n) is 2.53. The van der Waals surface area contributed by atoms with E-state index < -0.39 is 0 Å². The highest BCUT2D eigenvalue weighted by Crippen LogP contribution is 2.29. The fourth-order valence-corrected chi connectivity index (χ4v) is 3.59. The predicted molar refractivity (Wildman–Crippen MR) is 81.1 cm³/mol. The summed E-state index contributed by atoms with van der Waals surface area (Å²) in [4.78, 5) is 17.8. The van der Waals surface area contributed by atoms with Gasteiger partial charge in [0.05, 0.1) is 5.69 Å². The molecule has 5 heteroatoms. The van der Waals surface area contributed by atoms with Crippen molar-refractivity contribution >= 4 is 22.4 Å². The van der Waals surface area contributed by atoms with Gasteiger partial charge >= 0.3 is 0 Å². The topological polar surface area (TPSA) is 46.9 Å². The van der Waals surface area contributed by atoms with Crippen LogP contribution in [0.1, 0.15) is 36.3 Å². The maximum Gasteiger partial charge on any atom is 0.226 e. The highest BCUT2D eigenvalue weighted by molar-refractivity contribution is 7.15. The summed E-state index contributed by atoms with van der Waals surface area (Å²) in [7, 11) is 0. The lowest BCUT2D eigenvalue weighted by Crippen LogP contribution is -2.12. The van der Waals surface area contributed by atoms with Crippen molar-refractivity contribution in [2.24, 2.45) is 0 Å². The first-order valence-electron chi connectivity index (χ1n) is 7.20. The van der Waals surface area contributed by atoms with Gasteiger partial charge in [-0.25, -0.2) is 4.98 Å². The minimum Gasteiger partial charge on any atom is -0.354 e. The van der Waals surface area contributed by atoms with Crippen molar-refractivity contribution in [1.29, 1.82) is 0 Å². The Kier molecular flexibility index (Phi) is 4.16. The summed E-state index contributed by atoms with van der Waals surface area (Å²) in [5.74, 6) is 0.0725. The smallest absolute Gasteiger partial charge is 0.226 e. The number of amides is 1. The van der Waals surface area contributed by atoms with Crippen LogP contribution in [0.2, 0.25) is 0 Å². The molecule has 0 saturated heterocycles. The van der Waals surface area contributed by atoms with E-state index >= 15 is 0 Å². The summed E-state index contributed by atoms with van der Waals surface area (Å²) < 4.78 is 2.09. The first-order chi connectivity index (χ1) is 9.81. The Bertz CT molecular complexity index is 550. The molecule has 2 heterocycles. The molecule has 0 unspecified atom stereocenters. The molecule has 3 rings (SSSR count). The number of fused-ring (bicyclic) bond motifs is 1. The van der Waals surface area contributed by atoms with Crippen LogP contribution in [0.4, 0.5) is 5.13 Å². The molecule has 2 aromatic rings. The van der Waals surface area contributed by atoms with Crippen LogP contribution in [0.15, 0.2) is 24.5 Å². The molecule has 2 aromatic heterocycles. The first-order valence-corrected chi connectivity index (χ1v) is 8.02. The Balaban J connectivity index is 1.47. The number of carbonyl (C=O) groups excluding carboxylic acids is 1. The van der Waals surface area contributed by atoms with Gasteiger partial charge in [0.2, 0.25) is 5.91 Å². The molecule has 1 amide bonds. The van der Waals surface area contributed by atoms with Crippen LogP contribution in [0.25, 0.3) is 0 Å². The van der Waals surface area contributed by atoms with Gasteiger partial charge in [-0.3, -0.25) is 4.79 Å². The molecule has 20 heavy (non-hydrogen) atoms. The van der Waals surface area contributed by atoms with Gasteiger partial charge in [0.25, 0.3) is 0 Å². The average molecular weight is 289 g/mol. The van der Waals surface area contributed by atoms with E-state index in [0.717, 1.165) is 30.9 Å². The number of nitrogens with one attached hydrogen (secondary N) is 1. The van der Waals surface area contributed by atoms with Crippen LogP contribution in [0, 0.1) is 0 Å². The van der Waals surface area contributed by atoms with E-state index in [4.69, 9.17) is 0 Å². The summed E-state index contributed by atoms with van der Waals surface area (Å²) >= 11 is 1.65. The molecular weight excluding hydrogens is 270 g/mol. The second-order valence-corrected chi connectivity index (χ2v) is 6.25. The largest absolute Gasteiger partial charge is 0.354 e. The van der Waals surface area contributed by atoms with Gasteiger partial charge in [0.15, 0.2) is 5.13 Å². The van der Waals surface area contributed by atoms with E-state index in [1.807, 2.05) is 24.5 Å². The van der Waals surface area contributed by atoms with Crippen molar-refractivity contribution in [2.75, 3.05) is 5.32 Å². The normalized spacial score (nSPS) is 14.0. The van der Waals surface area contributed by atoms with E-state index in [0.29, 0.717) is 6.42 Å². The molecule has 1 N–H and O–H groups in total. The van der Waals surface area contributed by atoms with Crippen LogP contribution in [0.5, 0.6) is 0 Å². The van der Waals surface area contributed by atoms with Crippen molar-refractivity contribution < 1.29 is 4.79 Å². The molecule has 4 nitrogen and oxygen atoms in total.